The molecule has 1 aliphatic carbocycles. The number of carbonyl (C=O) groups excluding carboxylic acids is 1. The molecule has 0 spiro atoms. The molecule has 0 bridgehead atoms. The summed E-state index contributed by atoms with van der Waals surface area (Å²) in [5.41, 5.74) is -0.350. The zero-order valence-electron chi connectivity index (χ0n) is 11.2. The van der Waals surface area contributed by atoms with Gasteiger partial charge in [0.1, 0.15) is 5.60 Å². The Bertz CT molecular complexity index is 274. The van der Waals surface area contributed by atoms with Gasteiger partial charge in [0, 0.05) is 32.2 Å². The van der Waals surface area contributed by atoms with Crippen molar-refractivity contribution in [3.05, 3.63) is 0 Å². The van der Waals surface area contributed by atoms with Crippen molar-refractivity contribution in [3.8, 4) is 0 Å². The fourth-order valence-electron chi connectivity index (χ4n) is 2.51. The highest BCUT2D eigenvalue weighted by atomic mass is 16.6. The van der Waals surface area contributed by atoms with Crippen LogP contribution in [0.1, 0.15) is 33.6 Å². The predicted octanol–water partition coefficient (Wildman–Crippen LogP) is 1.01. The quantitative estimate of drug-likeness (QED) is 0.732. The highest BCUT2D eigenvalue weighted by Gasteiger charge is 2.40. The van der Waals surface area contributed by atoms with Crippen LogP contribution < -0.4 is 5.32 Å². The SMILES string of the molecule is CC(C)(C)OC(=O)C1CC(N2CCNCC2)C1. The summed E-state index contributed by atoms with van der Waals surface area (Å²) >= 11 is 0. The van der Waals surface area contributed by atoms with Crippen molar-refractivity contribution in [2.75, 3.05) is 26.2 Å². The Morgan fingerprint density at radius 1 is 1.24 bits per heavy atom. The number of esters is 1. The summed E-state index contributed by atoms with van der Waals surface area (Å²) in [4.78, 5) is 14.3. The lowest BCUT2D eigenvalue weighted by molar-refractivity contribution is -0.165. The molecule has 0 aromatic heterocycles. The molecule has 0 aromatic carbocycles. The number of piperazine rings is 1. The van der Waals surface area contributed by atoms with Crippen molar-refractivity contribution < 1.29 is 9.53 Å². The lowest BCUT2D eigenvalue weighted by Gasteiger charge is -2.44. The summed E-state index contributed by atoms with van der Waals surface area (Å²) in [7, 11) is 0. The molecule has 2 fully saturated rings. The molecule has 2 rings (SSSR count). The number of rotatable bonds is 2. The Balaban J connectivity index is 1.72. The van der Waals surface area contributed by atoms with E-state index in [9.17, 15) is 4.79 Å². The second-order valence-electron chi connectivity index (χ2n) is 6.14. The third kappa shape index (κ3) is 3.42. The highest BCUT2D eigenvalue weighted by molar-refractivity contribution is 5.74. The number of nitrogens with zero attached hydrogens (tertiary/aromatic N) is 1. The van der Waals surface area contributed by atoms with Gasteiger partial charge in [0.2, 0.25) is 0 Å². The van der Waals surface area contributed by atoms with Gasteiger partial charge in [-0.2, -0.15) is 0 Å². The summed E-state index contributed by atoms with van der Waals surface area (Å²) in [6, 6.07) is 0.606. The molecule has 98 valence electrons. The van der Waals surface area contributed by atoms with Crippen LogP contribution in [-0.4, -0.2) is 48.7 Å². The van der Waals surface area contributed by atoms with E-state index in [0.29, 0.717) is 6.04 Å². The predicted molar refractivity (Wildman–Crippen MR) is 66.8 cm³/mol. The Kier molecular flexibility index (Phi) is 3.73. The Hall–Kier alpha value is -0.610. The molecule has 1 saturated heterocycles. The average molecular weight is 240 g/mol. The highest BCUT2D eigenvalue weighted by Crippen LogP contribution is 2.33. The van der Waals surface area contributed by atoms with Gasteiger partial charge in [-0.05, 0) is 33.6 Å². The molecular formula is C13H24N2O2. The Labute approximate surface area is 104 Å². The van der Waals surface area contributed by atoms with Crippen LogP contribution in [-0.2, 0) is 9.53 Å². The van der Waals surface area contributed by atoms with Crippen LogP contribution in [0.2, 0.25) is 0 Å². The van der Waals surface area contributed by atoms with Crippen molar-refractivity contribution in [1.82, 2.24) is 10.2 Å². The fourth-order valence-corrected chi connectivity index (χ4v) is 2.51. The minimum atomic E-state index is -0.350. The average Bonchev–Trinajstić information content (AvgIpc) is 2.14. The van der Waals surface area contributed by atoms with Gasteiger partial charge in [0.15, 0.2) is 0 Å². The van der Waals surface area contributed by atoms with Gasteiger partial charge in [-0.3, -0.25) is 9.69 Å². The second kappa shape index (κ2) is 4.94. The number of hydrogen-bond donors (Lipinski definition) is 1. The van der Waals surface area contributed by atoms with Crippen LogP contribution in [0.3, 0.4) is 0 Å². The summed E-state index contributed by atoms with van der Waals surface area (Å²) in [6.07, 6.45) is 1.96. The van der Waals surface area contributed by atoms with Crippen LogP contribution in [0.15, 0.2) is 0 Å². The van der Waals surface area contributed by atoms with Crippen molar-refractivity contribution in [3.63, 3.8) is 0 Å². The minimum Gasteiger partial charge on any atom is -0.460 e. The van der Waals surface area contributed by atoms with E-state index in [1.54, 1.807) is 0 Å². The van der Waals surface area contributed by atoms with Crippen LogP contribution in [0.4, 0.5) is 0 Å². The van der Waals surface area contributed by atoms with Crippen LogP contribution in [0.5, 0.6) is 0 Å². The summed E-state index contributed by atoms with van der Waals surface area (Å²) in [5, 5.41) is 3.35. The third-order valence-corrected chi connectivity index (χ3v) is 3.52. The smallest absolute Gasteiger partial charge is 0.309 e. The van der Waals surface area contributed by atoms with E-state index in [4.69, 9.17) is 4.74 Å². The van der Waals surface area contributed by atoms with E-state index in [1.807, 2.05) is 20.8 Å². The normalized spacial score (nSPS) is 30.8. The van der Waals surface area contributed by atoms with Gasteiger partial charge in [-0.25, -0.2) is 0 Å². The zero-order valence-corrected chi connectivity index (χ0v) is 11.2. The molecule has 0 atom stereocenters. The molecule has 0 unspecified atom stereocenters. The van der Waals surface area contributed by atoms with Crippen molar-refractivity contribution >= 4 is 5.97 Å². The molecule has 0 amide bonds. The second-order valence-corrected chi connectivity index (χ2v) is 6.14. The molecular weight excluding hydrogens is 216 g/mol. The standard InChI is InChI=1S/C13H24N2O2/c1-13(2,3)17-12(16)10-8-11(9-10)15-6-4-14-5-7-15/h10-11,14H,4-9H2,1-3H3. The van der Waals surface area contributed by atoms with Crippen LogP contribution in [0, 0.1) is 5.92 Å². The van der Waals surface area contributed by atoms with Crippen molar-refractivity contribution in [2.45, 2.75) is 45.3 Å². The van der Waals surface area contributed by atoms with E-state index >= 15 is 0 Å². The maximum atomic E-state index is 11.8. The lowest BCUT2D eigenvalue weighted by atomic mass is 9.79. The summed E-state index contributed by atoms with van der Waals surface area (Å²) < 4.78 is 5.41. The largest absolute Gasteiger partial charge is 0.460 e. The molecule has 0 aromatic rings. The number of ether oxygens (including phenoxy) is 1. The molecule has 1 aliphatic heterocycles. The topological polar surface area (TPSA) is 41.6 Å². The first-order valence-corrected chi connectivity index (χ1v) is 6.63. The van der Waals surface area contributed by atoms with E-state index in [2.05, 4.69) is 10.2 Å². The first kappa shape index (κ1) is 12.8. The minimum absolute atomic E-state index is 0.0103. The van der Waals surface area contributed by atoms with Crippen LogP contribution in [0.25, 0.3) is 0 Å². The number of nitrogens with one attached hydrogen (secondary N) is 1. The lowest BCUT2D eigenvalue weighted by Crippen LogP contribution is -2.54. The van der Waals surface area contributed by atoms with Gasteiger partial charge < -0.3 is 10.1 Å². The van der Waals surface area contributed by atoms with E-state index in [1.165, 1.54) is 0 Å². The van der Waals surface area contributed by atoms with Crippen LogP contribution >= 0.6 is 0 Å². The van der Waals surface area contributed by atoms with E-state index < -0.39 is 0 Å². The molecule has 4 heteroatoms. The maximum absolute atomic E-state index is 11.8. The van der Waals surface area contributed by atoms with Gasteiger partial charge in [0.05, 0.1) is 5.92 Å². The van der Waals surface area contributed by atoms with Gasteiger partial charge in [-0.1, -0.05) is 0 Å². The van der Waals surface area contributed by atoms with Crippen molar-refractivity contribution in [1.29, 1.82) is 0 Å². The molecule has 1 heterocycles. The van der Waals surface area contributed by atoms with Gasteiger partial charge >= 0.3 is 5.97 Å². The molecule has 1 N–H and O–H groups in total. The Morgan fingerprint density at radius 3 is 2.35 bits per heavy atom. The molecule has 4 nitrogen and oxygen atoms in total. The monoisotopic (exact) mass is 240 g/mol. The first-order chi connectivity index (χ1) is 7.96. The Morgan fingerprint density at radius 2 is 1.82 bits per heavy atom. The molecule has 17 heavy (non-hydrogen) atoms. The van der Waals surface area contributed by atoms with E-state index in [-0.39, 0.29) is 17.5 Å². The van der Waals surface area contributed by atoms with E-state index in [0.717, 1.165) is 39.0 Å². The number of hydrogen-bond acceptors (Lipinski definition) is 4. The van der Waals surface area contributed by atoms with Gasteiger partial charge in [-0.15, -0.1) is 0 Å². The maximum Gasteiger partial charge on any atom is 0.309 e. The molecule has 0 radical (unpaired) electrons. The number of carbonyl (C=O) groups is 1. The summed E-state index contributed by atoms with van der Waals surface area (Å²) in [5.74, 6) is 0.123. The molecule has 2 aliphatic rings. The first-order valence-electron chi connectivity index (χ1n) is 6.63. The zero-order chi connectivity index (χ0) is 12.5. The van der Waals surface area contributed by atoms with Crippen molar-refractivity contribution in [2.24, 2.45) is 5.92 Å². The van der Waals surface area contributed by atoms with Gasteiger partial charge in [0.25, 0.3) is 0 Å². The summed E-state index contributed by atoms with van der Waals surface area (Å²) in [6.45, 7) is 10.2. The fraction of sp³-hybridized carbons (Fsp3) is 0.923. The third-order valence-electron chi connectivity index (χ3n) is 3.52. The molecule has 1 saturated carbocycles.